The third-order valence-corrected chi connectivity index (χ3v) is 6.38. The predicted molar refractivity (Wildman–Crippen MR) is 129 cm³/mol. The van der Waals surface area contributed by atoms with Crippen LogP contribution in [0.5, 0.6) is 11.5 Å². The van der Waals surface area contributed by atoms with Crippen LogP contribution in [0.3, 0.4) is 0 Å². The van der Waals surface area contributed by atoms with Gasteiger partial charge in [-0.25, -0.2) is 4.79 Å². The molecule has 34 heavy (non-hydrogen) atoms. The highest BCUT2D eigenvalue weighted by molar-refractivity contribution is 9.10. The third-order valence-electron chi connectivity index (χ3n) is 5.79. The number of benzene rings is 2. The number of carbonyl (C=O) groups is 2. The first-order valence-electron chi connectivity index (χ1n) is 11.1. The summed E-state index contributed by atoms with van der Waals surface area (Å²) in [6, 6.07) is 13.4. The fourth-order valence-corrected chi connectivity index (χ4v) is 4.85. The van der Waals surface area contributed by atoms with Crippen molar-refractivity contribution in [3.63, 3.8) is 0 Å². The molecular weight excluding hydrogens is 502 g/mol. The van der Waals surface area contributed by atoms with Gasteiger partial charge in [0.25, 0.3) is 0 Å². The van der Waals surface area contributed by atoms with Gasteiger partial charge in [-0.15, -0.1) is 0 Å². The first-order chi connectivity index (χ1) is 16.4. The quantitative estimate of drug-likeness (QED) is 0.511. The van der Waals surface area contributed by atoms with Crippen molar-refractivity contribution in [1.29, 1.82) is 0 Å². The molecule has 1 aliphatic heterocycles. The molecule has 0 aromatic heterocycles. The molecule has 178 valence electrons. The molecule has 0 radical (unpaired) electrons. The molecule has 1 heterocycles. The largest absolute Gasteiger partial charge is 0.493 e. The number of ether oxygens (including phenoxy) is 4. The van der Waals surface area contributed by atoms with Crippen molar-refractivity contribution >= 4 is 27.7 Å². The van der Waals surface area contributed by atoms with Gasteiger partial charge in [-0.3, -0.25) is 4.79 Å². The zero-order chi connectivity index (χ0) is 24.2. The van der Waals surface area contributed by atoms with E-state index in [4.69, 9.17) is 24.7 Å². The first kappa shape index (κ1) is 23.9. The third kappa shape index (κ3) is 4.68. The Bertz CT molecular complexity index is 1170. The summed E-state index contributed by atoms with van der Waals surface area (Å²) >= 11 is 3.58. The average Bonchev–Trinajstić information content (AvgIpc) is 2.83. The van der Waals surface area contributed by atoms with Gasteiger partial charge in [-0.1, -0.05) is 30.3 Å². The van der Waals surface area contributed by atoms with Gasteiger partial charge in [0.1, 0.15) is 17.9 Å². The van der Waals surface area contributed by atoms with Crippen LogP contribution in [0.25, 0.3) is 0 Å². The van der Waals surface area contributed by atoms with Gasteiger partial charge in [0.05, 0.1) is 24.1 Å². The number of Topliss-reactive ketones (excluding diaryl/α,β-unsaturated/α-hetero) is 1. The second kappa shape index (κ2) is 10.3. The number of allylic oxidation sites excluding steroid dienone is 2. The minimum atomic E-state index is -0.732. The van der Waals surface area contributed by atoms with Crippen molar-refractivity contribution in [1.82, 2.24) is 0 Å². The zero-order valence-corrected chi connectivity index (χ0v) is 20.6. The Hall–Kier alpha value is -3.26. The van der Waals surface area contributed by atoms with E-state index < -0.39 is 11.9 Å². The van der Waals surface area contributed by atoms with E-state index in [-0.39, 0.29) is 23.8 Å². The number of hydrogen-bond acceptors (Lipinski definition) is 7. The van der Waals surface area contributed by atoms with Crippen LogP contribution in [0.4, 0.5) is 0 Å². The Morgan fingerprint density at radius 2 is 1.97 bits per heavy atom. The number of nitrogens with two attached hydrogens (primary N) is 1. The Balaban J connectivity index is 1.78. The van der Waals surface area contributed by atoms with Crippen LogP contribution in [-0.4, -0.2) is 25.5 Å². The van der Waals surface area contributed by atoms with Gasteiger partial charge in [-0.2, -0.15) is 0 Å². The minimum absolute atomic E-state index is 0.0450. The minimum Gasteiger partial charge on any atom is -0.493 e. The van der Waals surface area contributed by atoms with Gasteiger partial charge in [0, 0.05) is 18.4 Å². The second-order valence-electron chi connectivity index (χ2n) is 7.96. The number of carbonyl (C=O) groups excluding carboxylic acids is 2. The number of esters is 1. The molecule has 8 heteroatoms. The van der Waals surface area contributed by atoms with Gasteiger partial charge < -0.3 is 24.7 Å². The maximum absolute atomic E-state index is 13.0. The highest BCUT2D eigenvalue weighted by atomic mass is 79.9. The summed E-state index contributed by atoms with van der Waals surface area (Å²) in [6.07, 6.45) is 1.63. The molecule has 0 saturated heterocycles. The van der Waals surface area contributed by atoms with Gasteiger partial charge in [0.2, 0.25) is 5.88 Å². The number of ketones is 1. The van der Waals surface area contributed by atoms with Crippen LogP contribution in [-0.2, 0) is 25.7 Å². The van der Waals surface area contributed by atoms with Gasteiger partial charge in [0.15, 0.2) is 17.3 Å². The van der Waals surface area contributed by atoms with E-state index in [1.165, 1.54) is 7.11 Å². The molecule has 2 aromatic rings. The summed E-state index contributed by atoms with van der Waals surface area (Å²) in [7, 11) is 1.54. The lowest BCUT2D eigenvalue weighted by molar-refractivity contribution is -0.139. The predicted octanol–water partition coefficient (Wildman–Crippen LogP) is 4.89. The van der Waals surface area contributed by atoms with E-state index in [1.54, 1.807) is 13.0 Å². The highest BCUT2D eigenvalue weighted by Gasteiger charge is 2.41. The summed E-state index contributed by atoms with van der Waals surface area (Å²) in [5.41, 5.74) is 8.39. The van der Waals surface area contributed by atoms with Crippen LogP contribution in [0, 0.1) is 0 Å². The van der Waals surface area contributed by atoms with Crippen molar-refractivity contribution < 1.29 is 28.5 Å². The molecule has 0 spiro atoms. The van der Waals surface area contributed by atoms with Crippen molar-refractivity contribution in [2.45, 2.75) is 38.7 Å². The van der Waals surface area contributed by atoms with Gasteiger partial charge in [-0.05, 0) is 52.5 Å². The number of halogens is 1. The van der Waals surface area contributed by atoms with Gasteiger partial charge >= 0.3 is 5.97 Å². The highest BCUT2D eigenvalue weighted by Crippen LogP contribution is 2.47. The van der Waals surface area contributed by atoms with Crippen LogP contribution in [0.15, 0.2) is 69.7 Å². The topological polar surface area (TPSA) is 97.1 Å². The summed E-state index contributed by atoms with van der Waals surface area (Å²) in [5, 5.41) is 0. The molecule has 4 rings (SSSR count). The van der Waals surface area contributed by atoms with Crippen molar-refractivity contribution in [2.75, 3.05) is 13.7 Å². The van der Waals surface area contributed by atoms with E-state index in [0.717, 1.165) is 5.56 Å². The first-order valence-corrected chi connectivity index (χ1v) is 11.9. The molecule has 0 fully saturated rings. The Kier molecular flexibility index (Phi) is 7.26. The SMILES string of the molecule is CCOC(=O)C1=C(N)OC2=C(C(=O)CCC2)[C@H]1c1cc(Br)c(OCc2ccccc2)c(OC)c1. The monoisotopic (exact) mass is 527 g/mol. The van der Waals surface area contributed by atoms with E-state index >= 15 is 0 Å². The maximum atomic E-state index is 13.0. The molecular formula is C26H26BrNO6. The van der Waals surface area contributed by atoms with Crippen LogP contribution < -0.4 is 15.2 Å². The fourth-order valence-electron chi connectivity index (χ4n) is 4.27. The number of rotatable bonds is 7. The number of methoxy groups -OCH3 is 1. The molecule has 2 aliphatic rings. The zero-order valence-electron chi connectivity index (χ0n) is 19.1. The smallest absolute Gasteiger partial charge is 0.340 e. The Labute approximate surface area is 206 Å². The lowest BCUT2D eigenvalue weighted by Gasteiger charge is -2.32. The second-order valence-corrected chi connectivity index (χ2v) is 8.81. The Morgan fingerprint density at radius 3 is 2.68 bits per heavy atom. The fraction of sp³-hybridized carbons (Fsp3) is 0.308. The van der Waals surface area contributed by atoms with E-state index in [2.05, 4.69) is 15.9 Å². The lowest BCUT2D eigenvalue weighted by atomic mass is 9.77. The van der Waals surface area contributed by atoms with Crippen LogP contribution in [0.2, 0.25) is 0 Å². The maximum Gasteiger partial charge on any atom is 0.340 e. The van der Waals surface area contributed by atoms with E-state index in [0.29, 0.717) is 58.7 Å². The summed E-state index contributed by atoms with van der Waals surface area (Å²) in [4.78, 5) is 25.9. The molecule has 2 aromatic carbocycles. The summed E-state index contributed by atoms with van der Waals surface area (Å²) in [6.45, 7) is 2.23. The standard InChI is InChI=1S/C26H26BrNO6/c1-3-32-26(30)23-21(22-18(29)10-7-11-19(22)34-25(23)28)16-12-17(27)24(20(13-16)31-2)33-14-15-8-5-4-6-9-15/h4-6,8-9,12-13,21H,3,7,10-11,14,28H2,1-2H3/t21-/m1/s1. The molecule has 1 aliphatic carbocycles. The number of hydrogen-bond donors (Lipinski definition) is 1. The summed E-state index contributed by atoms with van der Waals surface area (Å²) < 4.78 is 23.3. The Morgan fingerprint density at radius 1 is 1.21 bits per heavy atom. The van der Waals surface area contributed by atoms with Crippen molar-refractivity contribution in [3.8, 4) is 11.5 Å². The van der Waals surface area contributed by atoms with Crippen molar-refractivity contribution in [2.24, 2.45) is 5.73 Å². The van der Waals surface area contributed by atoms with Crippen molar-refractivity contribution in [3.05, 3.63) is 80.9 Å². The summed E-state index contributed by atoms with van der Waals surface area (Å²) in [5.74, 6) is 0.0149. The molecule has 1 atom stereocenters. The molecule has 0 amide bonds. The van der Waals surface area contributed by atoms with E-state index in [1.807, 2.05) is 36.4 Å². The molecule has 7 nitrogen and oxygen atoms in total. The van der Waals surface area contributed by atoms with Crippen LogP contribution in [0.1, 0.15) is 43.2 Å². The van der Waals surface area contributed by atoms with E-state index in [9.17, 15) is 9.59 Å². The molecule has 0 bridgehead atoms. The average molecular weight is 528 g/mol. The van der Waals surface area contributed by atoms with Crippen LogP contribution >= 0.6 is 15.9 Å². The normalized spacial score (nSPS) is 17.7. The molecule has 0 unspecified atom stereocenters. The molecule has 0 saturated carbocycles. The molecule has 2 N–H and O–H groups in total. The lowest BCUT2D eigenvalue weighted by Crippen LogP contribution is -2.31.